The summed E-state index contributed by atoms with van der Waals surface area (Å²) >= 11 is 1.84. The molecule has 1 aromatic carbocycles. The molecule has 2 atom stereocenters. The van der Waals surface area contributed by atoms with Gasteiger partial charge in [-0.25, -0.2) is 0 Å². The van der Waals surface area contributed by atoms with Crippen LogP contribution in [0.3, 0.4) is 0 Å². The van der Waals surface area contributed by atoms with Crippen molar-refractivity contribution in [1.82, 2.24) is 0 Å². The van der Waals surface area contributed by atoms with E-state index in [1.165, 1.54) is 9.75 Å². The van der Waals surface area contributed by atoms with Crippen molar-refractivity contribution in [2.45, 2.75) is 44.8 Å². The number of rotatable bonds is 1. The van der Waals surface area contributed by atoms with E-state index in [0.29, 0.717) is 0 Å². The molecule has 20 heavy (non-hydrogen) atoms. The van der Waals surface area contributed by atoms with Gasteiger partial charge in [0.15, 0.2) is 0 Å². The summed E-state index contributed by atoms with van der Waals surface area (Å²) in [7, 11) is 0. The van der Waals surface area contributed by atoms with Crippen molar-refractivity contribution in [2.75, 3.05) is 0 Å². The van der Waals surface area contributed by atoms with Gasteiger partial charge in [-0.05, 0) is 23.6 Å². The smallest absolute Gasteiger partial charge is 0.135 e. The highest BCUT2D eigenvalue weighted by Crippen LogP contribution is 2.42. The van der Waals surface area contributed by atoms with Gasteiger partial charge in [-0.2, -0.15) is 0 Å². The van der Waals surface area contributed by atoms with Gasteiger partial charge >= 0.3 is 0 Å². The SMILES string of the molecule is CC(C)(C)c1ccc(C2C[C@H](N)c3ccccc3O2)s1. The van der Waals surface area contributed by atoms with Crippen molar-refractivity contribution in [3.05, 3.63) is 51.7 Å². The lowest BCUT2D eigenvalue weighted by atomic mass is 9.94. The molecule has 0 radical (unpaired) electrons. The Morgan fingerprint density at radius 3 is 2.60 bits per heavy atom. The summed E-state index contributed by atoms with van der Waals surface area (Å²) in [4.78, 5) is 2.67. The normalized spacial score (nSPS) is 22.2. The number of ether oxygens (including phenoxy) is 1. The summed E-state index contributed by atoms with van der Waals surface area (Å²) in [5.41, 5.74) is 7.61. The molecule has 106 valence electrons. The van der Waals surface area contributed by atoms with Crippen molar-refractivity contribution in [1.29, 1.82) is 0 Å². The lowest BCUT2D eigenvalue weighted by Gasteiger charge is -2.29. The third-order valence-electron chi connectivity index (χ3n) is 3.74. The Bertz CT molecular complexity index is 611. The van der Waals surface area contributed by atoms with Crippen LogP contribution in [-0.2, 0) is 5.41 Å². The van der Waals surface area contributed by atoms with Gasteiger partial charge in [-0.1, -0.05) is 39.0 Å². The summed E-state index contributed by atoms with van der Waals surface area (Å²) in [5, 5.41) is 0. The van der Waals surface area contributed by atoms with E-state index >= 15 is 0 Å². The fraction of sp³-hybridized carbons (Fsp3) is 0.412. The van der Waals surface area contributed by atoms with Crippen LogP contribution in [0, 0.1) is 0 Å². The molecule has 0 bridgehead atoms. The monoisotopic (exact) mass is 287 g/mol. The van der Waals surface area contributed by atoms with E-state index in [0.717, 1.165) is 17.7 Å². The van der Waals surface area contributed by atoms with Crippen molar-refractivity contribution >= 4 is 11.3 Å². The van der Waals surface area contributed by atoms with Gasteiger partial charge in [0, 0.05) is 27.8 Å². The molecule has 0 fully saturated rings. The van der Waals surface area contributed by atoms with Crippen LogP contribution < -0.4 is 10.5 Å². The molecule has 2 heterocycles. The summed E-state index contributed by atoms with van der Waals surface area (Å²) in [5.74, 6) is 0.932. The van der Waals surface area contributed by atoms with Crippen LogP contribution >= 0.6 is 11.3 Å². The third-order valence-corrected chi connectivity index (χ3v) is 5.34. The average Bonchev–Trinajstić information content (AvgIpc) is 2.88. The molecule has 0 aliphatic carbocycles. The molecule has 0 saturated heterocycles. The predicted molar refractivity (Wildman–Crippen MR) is 84.4 cm³/mol. The van der Waals surface area contributed by atoms with Crippen molar-refractivity contribution < 1.29 is 4.74 Å². The maximum atomic E-state index is 6.29. The molecule has 2 nitrogen and oxygen atoms in total. The zero-order valence-electron chi connectivity index (χ0n) is 12.2. The van der Waals surface area contributed by atoms with E-state index in [2.05, 4.69) is 39.0 Å². The largest absolute Gasteiger partial charge is 0.484 e. The maximum absolute atomic E-state index is 6.29. The summed E-state index contributed by atoms with van der Waals surface area (Å²) < 4.78 is 6.14. The first-order chi connectivity index (χ1) is 9.45. The molecule has 1 aromatic heterocycles. The van der Waals surface area contributed by atoms with Gasteiger partial charge in [0.25, 0.3) is 0 Å². The van der Waals surface area contributed by atoms with Gasteiger partial charge in [0.05, 0.1) is 0 Å². The Labute approximate surface area is 124 Å². The second-order valence-corrected chi connectivity index (χ2v) is 7.55. The highest BCUT2D eigenvalue weighted by molar-refractivity contribution is 7.12. The zero-order chi connectivity index (χ0) is 14.3. The van der Waals surface area contributed by atoms with Gasteiger partial charge in [-0.3, -0.25) is 0 Å². The number of benzene rings is 1. The predicted octanol–water partition coefficient (Wildman–Crippen LogP) is 4.57. The highest BCUT2D eigenvalue weighted by Gasteiger charge is 2.28. The number of fused-ring (bicyclic) bond motifs is 1. The first-order valence-corrected chi connectivity index (χ1v) is 7.88. The van der Waals surface area contributed by atoms with E-state index < -0.39 is 0 Å². The van der Waals surface area contributed by atoms with E-state index in [1.54, 1.807) is 0 Å². The first kappa shape index (κ1) is 13.7. The van der Waals surface area contributed by atoms with Crippen LogP contribution in [-0.4, -0.2) is 0 Å². The molecule has 2 aromatic rings. The Morgan fingerprint density at radius 2 is 1.90 bits per heavy atom. The zero-order valence-corrected chi connectivity index (χ0v) is 13.0. The molecule has 1 aliphatic rings. The van der Waals surface area contributed by atoms with Crippen LogP contribution in [0.15, 0.2) is 36.4 Å². The molecule has 1 aliphatic heterocycles. The highest BCUT2D eigenvalue weighted by atomic mass is 32.1. The number of thiophene rings is 1. The van der Waals surface area contributed by atoms with Crippen LogP contribution in [0.5, 0.6) is 5.75 Å². The Hall–Kier alpha value is -1.32. The van der Waals surface area contributed by atoms with Crippen LogP contribution in [0.4, 0.5) is 0 Å². The summed E-state index contributed by atoms with van der Waals surface area (Å²) in [6.07, 6.45) is 0.933. The van der Waals surface area contributed by atoms with Crippen molar-refractivity contribution in [3.63, 3.8) is 0 Å². The fourth-order valence-electron chi connectivity index (χ4n) is 2.56. The minimum absolute atomic E-state index is 0.0603. The number of hydrogen-bond donors (Lipinski definition) is 1. The van der Waals surface area contributed by atoms with Crippen LogP contribution in [0.2, 0.25) is 0 Å². The minimum atomic E-state index is 0.0603. The molecule has 1 unspecified atom stereocenters. The second kappa shape index (κ2) is 4.90. The molecule has 2 N–H and O–H groups in total. The van der Waals surface area contributed by atoms with Crippen LogP contribution in [0.1, 0.15) is 54.7 Å². The molecular formula is C17H21NOS. The molecule has 0 amide bonds. The molecule has 3 heteroatoms. The molecule has 0 spiro atoms. The lowest BCUT2D eigenvalue weighted by molar-refractivity contribution is 0.165. The summed E-state index contributed by atoms with van der Waals surface area (Å²) in [6, 6.07) is 12.6. The van der Waals surface area contributed by atoms with E-state index in [4.69, 9.17) is 10.5 Å². The number of nitrogens with two attached hydrogens (primary N) is 1. The Balaban J connectivity index is 1.88. The second-order valence-electron chi connectivity index (χ2n) is 6.44. The van der Waals surface area contributed by atoms with Gasteiger partial charge < -0.3 is 10.5 Å². The average molecular weight is 287 g/mol. The van der Waals surface area contributed by atoms with E-state index in [-0.39, 0.29) is 17.6 Å². The number of para-hydroxylation sites is 1. The van der Waals surface area contributed by atoms with E-state index in [9.17, 15) is 0 Å². The fourth-order valence-corrected chi connectivity index (χ4v) is 3.66. The lowest BCUT2D eigenvalue weighted by Crippen LogP contribution is -2.23. The molecule has 0 saturated carbocycles. The van der Waals surface area contributed by atoms with Gasteiger partial charge in [0.2, 0.25) is 0 Å². The van der Waals surface area contributed by atoms with E-state index in [1.807, 2.05) is 29.5 Å². The number of hydrogen-bond acceptors (Lipinski definition) is 3. The topological polar surface area (TPSA) is 35.2 Å². The standard InChI is InChI=1S/C17H21NOS/c1-17(2,3)16-9-8-15(20-16)14-10-12(18)11-6-4-5-7-13(11)19-14/h4-9,12,14H,10,18H2,1-3H3/t12-,14?/m0/s1. The van der Waals surface area contributed by atoms with Crippen LogP contribution in [0.25, 0.3) is 0 Å². The van der Waals surface area contributed by atoms with Gasteiger partial charge in [-0.15, -0.1) is 11.3 Å². The van der Waals surface area contributed by atoms with Crippen molar-refractivity contribution in [3.8, 4) is 5.75 Å². The first-order valence-electron chi connectivity index (χ1n) is 7.06. The quantitative estimate of drug-likeness (QED) is 0.834. The third kappa shape index (κ3) is 2.48. The Morgan fingerprint density at radius 1 is 1.15 bits per heavy atom. The molecule has 3 rings (SSSR count). The summed E-state index contributed by atoms with van der Waals surface area (Å²) in [6.45, 7) is 6.72. The maximum Gasteiger partial charge on any atom is 0.135 e. The van der Waals surface area contributed by atoms with Gasteiger partial charge in [0.1, 0.15) is 11.9 Å². The minimum Gasteiger partial charge on any atom is -0.484 e. The Kier molecular flexibility index (Phi) is 3.35. The van der Waals surface area contributed by atoms with Crippen molar-refractivity contribution in [2.24, 2.45) is 5.73 Å². The molecular weight excluding hydrogens is 266 g/mol.